The third-order valence-electron chi connectivity index (χ3n) is 1.17. The Labute approximate surface area is 95.9 Å². The van der Waals surface area contributed by atoms with Crippen LogP contribution in [0.15, 0.2) is 0 Å². The van der Waals surface area contributed by atoms with Crippen LogP contribution < -0.4 is 5.11 Å². The number of hydrogen-bond acceptors (Lipinski definition) is 5. The van der Waals surface area contributed by atoms with Crippen molar-refractivity contribution in [3.63, 3.8) is 0 Å². The van der Waals surface area contributed by atoms with E-state index in [1.54, 1.807) is 13.8 Å². The predicted octanol–water partition coefficient (Wildman–Crippen LogP) is -0.490. The average molecular weight is 315 g/mol. The molecule has 0 atom stereocenters. The summed E-state index contributed by atoms with van der Waals surface area (Å²) in [4.78, 5) is 21.1. The number of ether oxygens (including phenoxy) is 2. The van der Waals surface area contributed by atoms with E-state index in [4.69, 9.17) is 4.74 Å². The normalized spacial score (nSPS) is 11.1. The lowest BCUT2D eigenvalue weighted by molar-refractivity contribution is -0.309. The minimum atomic E-state index is -1.29. The van der Waals surface area contributed by atoms with E-state index in [0.717, 1.165) is 0 Å². The van der Waals surface area contributed by atoms with Gasteiger partial charge in [0.15, 0.2) is 0 Å². The fraction of sp³-hybridized carbons (Fsp3) is 0.750. The number of carbonyl (C=O) groups is 2. The maximum absolute atomic E-state index is 11.1. The summed E-state index contributed by atoms with van der Waals surface area (Å²) in [5.74, 6) is -1.64. The highest BCUT2D eigenvalue weighted by Gasteiger charge is 2.24. The second-order valence-electron chi connectivity index (χ2n) is 3.03. The van der Waals surface area contributed by atoms with Crippen molar-refractivity contribution in [3.05, 3.63) is 0 Å². The van der Waals surface area contributed by atoms with Gasteiger partial charge >= 0.3 is 5.97 Å². The SMILES string of the molecule is CC(C)(I)C(=O)OCCOCC(=O)[O-]. The molecule has 0 aliphatic heterocycles. The molecule has 0 aliphatic carbocycles. The van der Waals surface area contributed by atoms with Crippen molar-refractivity contribution in [2.75, 3.05) is 19.8 Å². The molecule has 0 aromatic heterocycles. The van der Waals surface area contributed by atoms with E-state index in [9.17, 15) is 14.7 Å². The Balaban J connectivity index is 3.46. The lowest BCUT2D eigenvalue weighted by Gasteiger charge is -2.14. The fourth-order valence-electron chi connectivity index (χ4n) is 0.520. The molecule has 5 nitrogen and oxygen atoms in total. The third-order valence-corrected chi connectivity index (χ3v) is 1.61. The van der Waals surface area contributed by atoms with Crippen molar-refractivity contribution < 1.29 is 24.2 Å². The molecule has 0 aromatic carbocycles. The second-order valence-corrected chi connectivity index (χ2v) is 5.73. The lowest BCUT2D eigenvalue weighted by Crippen LogP contribution is -2.30. The van der Waals surface area contributed by atoms with Gasteiger partial charge in [-0.1, -0.05) is 22.6 Å². The molecule has 0 rings (SSSR count). The van der Waals surface area contributed by atoms with Crippen LogP contribution in [0.5, 0.6) is 0 Å². The first-order valence-electron chi connectivity index (χ1n) is 3.98. The summed E-state index contributed by atoms with van der Waals surface area (Å²) < 4.78 is 8.84. The van der Waals surface area contributed by atoms with Crippen LogP contribution in [0.3, 0.4) is 0 Å². The Bertz CT molecular complexity index is 208. The molecule has 0 saturated heterocycles. The van der Waals surface area contributed by atoms with Crippen LogP contribution in [0.25, 0.3) is 0 Å². The average Bonchev–Trinajstić information content (AvgIpc) is 2.01. The summed E-state index contributed by atoms with van der Waals surface area (Å²) in [6, 6.07) is 0. The maximum atomic E-state index is 11.1. The van der Waals surface area contributed by atoms with Crippen LogP contribution in [-0.4, -0.2) is 35.2 Å². The Morgan fingerprint density at radius 1 is 1.36 bits per heavy atom. The van der Waals surface area contributed by atoms with Crippen molar-refractivity contribution in [1.82, 2.24) is 0 Å². The molecule has 6 heteroatoms. The summed E-state index contributed by atoms with van der Waals surface area (Å²) in [5, 5.41) is 9.91. The number of esters is 1. The van der Waals surface area contributed by atoms with Crippen molar-refractivity contribution in [2.45, 2.75) is 17.3 Å². The van der Waals surface area contributed by atoms with Crippen molar-refractivity contribution in [2.24, 2.45) is 0 Å². The smallest absolute Gasteiger partial charge is 0.321 e. The van der Waals surface area contributed by atoms with Gasteiger partial charge in [-0.05, 0) is 13.8 Å². The molecule has 0 radical (unpaired) electrons. The van der Waals surface area contributed by atoms with Gasteiger partial charge in [0.1, 0.15) is 10.0 Å². The Morgan fingerprint density at radius 2 is 1.93 bits per heavy atom. The lowest BCUT2D eigenvalue weighted by atomic mass is 10.2. The number of carboxylic acids is 1. The van der Waals surface area contributed by atoms with Crippen molar-refractivity contribution in [3.8, 4) is 0 Å². The molecule has 0 aromatic rings. The van der Waals surface area contributed by atoms with E-state index in [1.165, 1.54) is 0 Å². The van der Waals surface area contributed by atoms with E-state index in [2.05, 4.69) is 4.74 Å². The van der Waals surface area contributed by atoms with Crippen LogP contribution >= 0.6 is 22.6 Å². The van der Waals surface area contributed by atoms with Crippen LogP contribution in [0, 0.1) is 0 Å². The monoisotopic (exact) mass is 315 g/mol. The number of rotatable bonds is 6. The zero-order valence-electron chi connectivity index (χ0n) is 8.04. The van der Waals surface area contributed by atoms with Gasteiger partial charge in [0.25, 0.3) is 0 Å². The Hall–Kier alpha value is -0.370. The van der Waals surface area contributed by atoms with Gasteiger partial charge in [0.2, 0.25) is 0 Å². The number of carboxylic acid groups (broad SMARTS) is 1. The van der Waals surface area contributed by atoms with Crippen LogP contribution in [0.1, 0.15) is 13.8 Å². The van der Waals surface area contributed by atoms with Crippen LogP contribution in [0.4, 0.5) is 0 Å². The van der Waals surface area contributed by atoms with E-state index in [1.807, 2.05) is 22.6 Å². The van der Waals surface area contributed by atoms with Crippen molar-refractivity contribution in [1.29, 1.82) is 0 Å². The minimum absolute atomic E-state index is 0.0541. The van der Waals surface area contributed by atoms with E-state index in [0.29, 0.717) is 0 Å². The first-order chi connectivity index (χ1) is 6.34. The topological polar surface area (TPSA) is 75.7 Å². The number of alkyl halides is 1. The molecule has 0 amide bonds. The molecule has 0 fully saturated rings. The molecular formula is C8H12IO5-. The molecule has 0 aliphatic rings. The largest absolute Gasteiger partial charge is 0.548 e. The molecule has 0 bridgehead atoms. The van der Waals surface area contributed by atoms with Gasteiger partial charge < -0.3 is 19.4 Å². The molecule has 14 heavy (non-hydrogen) atoms. The summed E-state index contributed by atoms with van der Waals surface area (Å²) in [6.07, 6.45) is 0. The second kappa shape index (κ2) is 6.18. The summed E-state index contributed by atoms with van der Waals surface area (Å²) in [5.41, 5.74) is 0. The predicted molar refractivity (Wildman–Crippen MR) is 54.9 cm³/mol. The van der Waals surface area contributed by atoms with Crippen LogP contribution in [-0.2, 0) is 19.1 Å². The molecule has 0 spiro atoms. The van der Waals surface area contributed by atoms with Gasteiger partial charge in [-0.2, -0.15) is 0 Å². The highest BCUT2D eigenvalue weighted by molar-refractivity contribution is 14.1. The van der Waals surface area contributed by atoms with Gasteiger partial charge in [-0.15, -0.1) is 0 Å². The number of halogens is 1. The first-order valence-corrected chi connectivity index (χ1v) is 5.05. The number of aliphatic carboxylic acids is 1. The van der Waals surface area contributed by atoms with Gasteiger partial charge in [-0.25, -0.2) is 0 Å². The van der Waals surface area contributed by atoms with E-state index < -0.39 is 16.0 Å². The zero-order valence-corrected chi connectivity index (χ0v) is 10.2. The van der Waals surface area contributed by atoms with E-state index >= 15 is 0 Å². The standard InChI is InChI=1S/C8H13IO5/c1-8(2,9)7(12)14-4-3-13-5-6(10)11/h3-5H2,1-2H3,(H,10,11)/p-1. The molecule has 82 valence electrons. The highest BCUT2D eigenvalue weighted by Crippen LogP contribution is 2.17. The van der Waals surface area contributed by atoms with Gasteiger partial charge in [0, 0.05) is 0 Å². The summed E-state index contributed by atoms with van der Waals surface area (Å²) >= 11 is 1.95. The summed E-state index contributed by atoms with van der Waals surface area (Å²) in [6.45, 7) is 3.08. The minimum Gasteiger partial charge on any atom is -0.548 e. The molecule has 0 unspecified atom stereocenters. The summed E-state index contributed by atoms with van der Waals surface area (Å²) in [7, 11) is 0. The Morgan fingerprint density at radius 3 is 2.36 bits per heavy atom. The number of carbonyl (C=O) groups excluding carboxylic acids is 2. The zero-order chi connectivity index (χ0) is 11.2. The van der Waals surface area contributed by atoms with E-state index in [-0.39, 0.29) is 19.2 Å². The highest BCUT2D eigenvalue weighted by atomic mass is 127. The quantitative estimate of drug-likeness (QED) is 0.286. The maximum Gasteiger partial charge on any atom is 0.321 e. The molecule has 0 saturated carbocycles. The van der Waals surface area contributed by atoms with Crippen LogP contribution in [0.2, 0.25) is 0 Å². The van der Waals surface area contributed by atoms with Gasteiger partial charge in [-0.3, -0.25) is 4.79 Å². The fourth-order valence-corrected chi connectivity index (χ4v) is 0.676. The molecule has 0 N–H and O–H groups in total. The Kier molecular flexibility index (Phi) is 6.01. The molecular weight excluding hydrogens is 303 g/mol. The number of hydrogen-bond donors (Lipinski definition) is 0. The van der Waals surface area contributed by atoms with Gasteiger partial charge in [0.05, 0.1) is 19.2 Å². The van der Waals surface area contributed by atoms with Crippen molar-refractivity contribution >= 4 is 34.5 Å². The third kappa shape index (κ3) is 7.07. The first kappa shape index (κ1) is 13.6. The molecule has 0 heterocycles.